The third-order valence-corrected chi connectivity index (χ3v) is 3.39. The van der Waals surface area contributed by atoms with Gasteiger partial charge in [-0.1, -0.05) is 23.2 Å². The van der Waals surface area contributed by atoms with E-state index in [0.717, 1.165) is 16.5 Å². The number of halogens is 2. The van der Waals surface area contributed by atoms with Crippen molar-refractivity contribution in [2.45, 2.75) is 25.3 Å². The zero-order chi connectivity index (χ0) is 10.1. The van der Waals surface area contributed by atoms with Crippen LogP contribution in [-0.2, 0) is 6.42 Å². The van der Waals surface area contributed by atoms with Crippen LogP contribution in [0.25, 0.3) is 0 Å². The molecule has 1 aromatic rings. The molecule has 1 unspecified atom stereocenters. The van der Waals surface area contributed by atoms with Gasteiger partial charge < -0.3 is 5.32 Å². The first-order valence-corrected chi connectivity index (χ1v) is 5.63. The zero-order valence-corrected chi connectivity index (χ0v) is 9.62. The second kappa shape index (κ2) is 4.09. The van der Waals surface area contributed by atoms with Gasteiger partial charge in [-0.2, -0.15) is 0 Å². The largest absolute Gasteiger partial charge is 0.313 e. The van der Waals surface area contributed by atoms with Gasteiger partial charge in [0.25, 0.3) is 0 Å². The highest BCUT2D eigenvalue weighted by molar-refractivity contribution is 6.35. The third kappa shape index (κ3) is 1.77. The first-order valence-electron chi connectivity index (χ1n) is 4.87. The van der Waals surface area contributed by atoms with Crippen LogP contribution in [0.3, 0.4) is 0 Å². The highest BCUT2D eigenvalue weighted by Gasteiger charge is 2.21. The second-order valence-corrected chi connectivity index (χ2v) is 4.53. The van der Waals surface area contributed by atoms with E-state index >= 15 is 0 Å². The van der Waals surface area contributed by atoms with Crippen LogP contribution < -0.4 is 5.32 Å². The summed E-state index contributed by atoms with van der Waals surface area (Å²) in [6.45, 7) is 0. The molecule has 1 N–H and O–H groups in total. The van der Waals surface area contributed by atoms with Gasteiger partial charge in [0.1, 0.15) is 0 Å². The zero-order valence-electron chi connectivity index (χ0n) is 8.11. The minimum Gasteiger partial charge on any atom is -0.313 e. The van der Waals surface area contributed by atoms with E-state index < -0.39 is 0 Å². The van der Waals surface area contributed by atoms with Crippen LogP contribution in [0.15, 0.2) is 12.1 Å². The lowest BCUT2D eigenvalue weighted by Crippen LogP contribution is -2.21. The summed E-state index contributed by atoms with van der Waals surface area (Å²) in [6.07, 6.45) is 3.43. The van der Waals surface area contributed by atoms with Crippen molar-refractivity contribution in [2.24, 2.45) is 0 Å². The number of hydrogen-bond donors (Lipinski definition) is 1. The first kappa shape index (κ1) is 10.3. The highest BCUT2D eigenvalue weighted by Crippen LogP contribution is 2.36. The molecule has 1 aliphatic rings. The maximum Gasteiger partial charge on any atom is 0.0456 e. The van der Waals surface area contributed by atoms with Crippen molar-refractivity contribution in [2.75, 3.05) is 7.05 Å². The molecule has 3 heteroatoms. The summed E-state index contributed by atoms with van der Waals surface area (Å²) in [5.74, 6) is 0. The Kier molecular flexibility index (Phi) is 3.01. The Labute approximate surface area is 94.4 Å². The van der Waals surface area contributed by atoms with Gasteiger partial charge in [0.15, 0.2) is 0 Å². The maximum absolute atomic E-state index is 6.16. The Morgan fingerprint density at radius 2 is 2.14 bits per heavy atom. The molecule has 0 fully saturated rings. The Bertz CT molecular complexity index is 349. The van der Waals surface area contributed by atoms with E-state index in [0.29, 0.717) is 6.04 Å². The van der Waals surface area contributed by atoms with Crippen LogP contribution in [0.2, 0.25) is 10.0 Å². The van der Waals surface area contributed by atoms with Crippen LogP contribution in [0.5, 0.6) is 0 Å². The molecule has 1 nitrogen and oxygen atoms in total. The fourth-order valence-corrected chi connectivity index (χ4v) is 2.74. The minimum atomic E-state index is 0.412. The molecule has 1 aromatic carbocycles. The van der Waals surface area contributed by atoms with Crippen molar-refractivity contribution in [3.63, 3.8) is 0 Å². The second-order valence-electron chi connectivity index (χ2n) is 3.69. The molecule has 1 atom stereocenters. The van der Waals surface area contributed by atoms with Crippen LogP contribution in [0.1, 0.15) is 30.0 Å². The first-order chi connectivity index (χ1) is 6.72. The van der Waals surface area contributed by atoms with Gasteiger partial charge in [-0.05, 0) is 49.6 Å². The summed E-state index contributed by atoms with van der Waals surface area (Å²) in [5.41, 5.74) is 2.54. The number of rotatable bonds is 1. The summed E-state index contributed by atoms with van der Waals surface area (Å²) in [4.78, 5) is 0. The van der Waals surface area contributed by atoms with Crippen molar-refractivity contribution in [3.05, 3.63) is 33.3 Å². The molecular weight excluding hydrogens is 217 g/mol. The monoisotopic (exact) mass is 229 g/mol. The quantitative estimate of drug-likeness (QED) is 0.777. The minimum absolute atomic E-state index is 0.412. The molecule has 0 bridgehead atoms. The van der Waals surface area contributed by atoms with Gasteiger partial charge in [0.2, 0.25) is 0 Å². The molecule has 1 aliphatic carbocycles. The van der Waals surface area contributed by atoms with Crippen molar-refractivity contribution in [1.82, 2.24) is 5.32 Å². The van der Waals surface area contributed by atoms with E-state index in [2.05, 4.69) is 5.32 Å². The molecule has 0 aromatic heterocycles. The van der Waals surface area contributed by atoms with E-state index in [1.54, 1.807) is 0 Å². The molecule has 0 saturated heterocycles. The topological polar surface area (TPSA) is 12.0 Å². The van der Waals surface area contributed by atoms with Crippen molar-refractivity contribution < 1.29 is 0 Å². The highest BCUT2D eigenvalue weighted by atomic mass is 35.5. The summed E-state index contributed by atoms with van der Waals surface area (Å²) >= 11 is 12.1. The van der Waals surface area contributed by atoms with E-state index in [1.807, 2.05) is 19.2 Å². The molecule has 0 saturated carbocycles. The SMILES string of the molecule is CNC1CCCc2c(Cl)cc(Cl)cc21. The molecule has 0 aliphatic heterocycles. The van der Waals surface area contributed by atoms with E-state index in [-0.39, 0.29) is 0 Å². The lowest BCUT2D eigenvalue weighted by atomic mass is 9.88. The van der Waals surface area contributed by atoms with Crippen molar-refractivity contribution in [1.29, 1.82) is 0 Å². The van der Waals surface area contributed by atoms with E-state index in [9.17, 15) is 0 Å². The number of hydrogen-bond acceptors (Lipinski definition) is 1. The molecule has 0 radical (unpaired) electrons. The average Bonchev–Trinajstić information content (AvgIpc) is 2.17. The third-order valence-electron chi connectivity index (χ3n) is 2.84. The summed E-state index contributed by atoms with van der Waals surface area (Å²) in [5, 5.41) is 4.84. The van der Waals surface area contributed by atoms with Crippen molar-refractivity contribution >= 4 is 23.2 Å². The van der Waals surface area contributed by atoms with Crippen LogP contribution >= 0.6 is 23.2 Å². The van der Waals surface area contributed by atoms with Gasteiger partial charge >= 0.3 is 0 Å². The van der Waals surface area contributed by atoms with Crippen LogP contribution in [0, 0.1) is 0 Å². The molecule has 0 heterocycles. The number of nitrogens with one attached hydrogen (secondary N) is 1. The summed E-state index contributed by atoms with van der Waals surface area (Å²) in [7, 11) is 1.98. The molecule has 0 amide bonds. The predicted octanol–water partition coefficient (Wildman–Crippen LogP) is 3.59. The molecule has 2 rings (SSSR count). The smallest absolute Gasteiger partial charge is 0.0456 e. The van der Waals surface area contributed by atoms with Gasteiger partial charge in [0.05, 0.1) is 0 Å². The average molecular weight is 230 g/mol. The van der Waals surface area contributed by atoms with Crippen molar-refractivity contribution in [3.8, 4) is 0 Å². The Morgan fingerprint density at radius 3 is 2.86 bits per heavy atom. The number of fused-ring (bicyclic) bond motifs is 1. The Morgan fingerprint density at radius 1 is 1.36 bits per heavy atom. The fourth-order valence-electron chi connectivity index (χ4n) is 2.14. The summed E-state index contributed by atoms with van der Waals surface area (Å²) in [6, 6.07) is 4.28. The van der Waals surface area contributed by atoms with E-state index in [1.165, 1.54) is 24.0 Å². The van der Waals surface area contributed by atoms with Crippen LogP contribution in [0.4, 0.5) is 0 Å². The van der Waals surface area contributed by atoms with Gasteiger partial charge in [0, 0.05) is 16.1 Å². The molecule has 0 spiro atoms. The lowest BCUT2D eigenvalue weighted by molar-refractivity contribution is 0.497. The number of benzene rings is 1. The molecule has 14 heavy (non-hydrogen) atoms. The van der Waals surface area contributed by atoms with E-state index in [4.69, 9.17) is 23.2 Å². The summed E-state index contributed by atoms with van der Waals surface area (Å²) < 4.78 is 0. The van der Waals surface area contributed by atoms with Gasteiger partial charge in [-0.3, -0.25) is 0 Å². The Balaban J connectivity index is 2.51. The molecule has 76 valence electrons. The standard InChI is InChI=1S/C11H13Cl2N/c1-14-11-4-2-3-8-9(11)5-7(12)6-10(8)13/h5-6,11,14H,2-4H2,1H3. The van der Waals surface area contributed by atoms with Crippen LogP contribution in [-0.4, -0.2) is 7.05 Å². The maximum atomic E-state index is 6.16. The fraction of sp³-hybridized carbons (Fsp3) is 0.455. The normalized spacial score (nSPS) is 20.6. The Hall–Kier alpha value is -0.240. The lowest BCUT2D eigenvalue weighted by Gasteiger charge is -2.26. The van der Waals surface area contributed by atoms with Gasteiger partial charge in [-0.15, -0.1) is 0 Å². The van der Waals surface area contributed by atoms with Gasteiger partial charge in [-0.25, -0.2) is 0 Å². The molecular formula is C11H13Cl2N. The predicted molar refractivity (Wildman–Crippen MR) is 61.2 cm³/mol.